The summed E-state index contributed by atoms with van der Waals surface area (Å²) in [7, 11) is 0. The second-order valence-corrected chi connectivity index (χ2v) is 9.59. The molecule has 2 N–H and O–H groups in total. The smallest absolute Gasteiger partial charge is 0.357 e. The lowest BCUT2D eigenvalue weighted by molar-refractivity contribution is 0.0473. The van der Waals surface area contributed by atoms with E-state index in [1.807, 2.05) is 0 Å². The zero-order valence-corrected chi connectivity index (χ0v) is 22.8. The summed E-state index contributed by atoms with van der Waals surface area (Å²) in [6.45, 7) is 3.22. The van der Waals surface area contributed by atoms with Crippen LogP contribution in [0.1, 0.15) is 66.5 Å². The van der Waals surface area contributed by atoms with Crippen LogP contribution in [0.4, 0.5) is 0 Å². The molecule has 3 aromatic carbocycles. The summed E-state index contributed by atoms with van der Waals surface area (Å²) in [5, 5.41) is 25.7. The minimum atomic E-state index is -0.876. The third-order valence-electron chi connectivity index (χ3n) is 6.28. The molecule has 0 saturated carbocycles. The Bertz CT molecular complexity index is 1720. The molecule has 4 aromatic rings. The molecule has 1 aliphatic rings. The number of phenols is 2. The van der Waals surface area contributed by atoms with Crippen molar-refractivity contribution in [3.05, 3.63) is 92.6 Å². The minimum Gasteiger partial charge on any atom is -0.507 e. The molecule has 1 aromatic heterocycles. The van der Waals surface area contributed by atoms with Crippen molar-refractivity contribution in [2.45, 2.75) is 13.8 Å². The average molecular weight is 605 g/mol. The summed E-state index contributed by atoms with van der Waals surface area (Å²) in [5.41, 5.74) is -0.729. The first-order valence-electron chi connectivity index (χ1n) is 12.2. The molecule has 0 amide bonds. The van der Waals surface area contributed by atoms with Crippen LogP contribution in [0.2, 0.25) is 0 Å². The summed E-state index contributed by atoms with van der Waals surface area (Å²) < 4.78 is 12.5. The number of carbonyl (C=O) groups excluding carboxylic acids is 4. The summed E-state index contributed by atoms with van der Waals surface area (Å²) in [4.78, 5) is 53.0. The van der Waals surface area contributed by atoms with Gasteiger partial charge in [0.25, 0.3) is 0 Å². The molecule has 202 valence electrons. The fourth-order valence-electron chi connectivity index (χ4n) is 4.59. The van der Waals surface area contributed by atoms with Crippen molar-refractivity contribution in [1.29, 1.82) is 0 Å². The molecule has 0 unspecified atom stereocenters. The van der Waals surface area contributed by atoms with Gasteiger partial charge >= 0.3 is 11.9 Å². The standard InChI is InChI=1S/C29H21BrN2O8/c1-3-39-28(37)23-24(31-32(25(23)29(38)40-4-2)16-10-8-15(30)9-11-16)14-12-18-22(20(34)13-14)27(36)21-17(26(18)35)6-5-7-19(21)33/h5-13,33-34H,3-4H2,1-2H3. The number of halogens is 1. The molecule has 0 aliphatic heterocycles. The minimum absolute atomic E-state index is 0.00724. The average Bonchev–Trinajstić information content (AvgIpc) is 3.33. The summed E-state index contributed by atoms with van der Waals surface area (Å²) in [6.07, 6.45) is 0. The normalized spacial score (nSPS) is 12.1. The first kappa shape index (κ1) is 26.8. The van der Waals surface area contributed by atoms with Crippen molar-refractivity contribution in [2.24, 2.45) is 0 Å². The van der Waals surface area contributed by atoms with E-state index in [9.17, 15) is 29.4 Å². The molecule has 5 rings (SSSR count). The highest BCUT2D eigenvalue weighted by Crippen LogP contribution is 2.40. The van der Waals surface area contributed by atoms with Crippen LogP contribution in [-0.2, 0) is 9.47 Å². The quantitative estimate of drug-likeness (QED) is 0.260. The Morgan fingerprint density at radius 3 is 2.17 bits per heavy atom. The number of aromatic hydroxyl groups is 2. The first-order chi connectivity index (χ1) is 19.2. The molecular weight excluding hydrogens is 584 g/mol. The van der Waals surface area contributed by atoms with Gasteiger partial charge in [-0.2, -0.15) is 5.10 Å². The highest BCUT2D eigenvalue weighted by molar-refractivity contribution is 9.10. The second-order valence-electron chi connectivity index (χ2n) is 8.68. The number of hydrogen-bond donors (Lipinski definition) is 2. The number of rotatable bonds is 6. The lowest BCUT2D eigenvalue weighted by Gasteiger charge is -2.20. The van der Waals surface area contributed by atoms with Crippen LogP contribution < -0.4 is 0 Å². The van der Waals surface area contributed by atoms with Gasteiger partial charge in [0.2, 0.25) is 5.78 Å². The molecule has 11 heteroatoms. The second kappa shape index (κ2) is 10.4. The third-order valence-corrected chi connectivity index (χ3v) is 6.81. The van der Waals surface area contributed by atoms with E-state index >= 15 is 0 Å². The van der Waals surface area contributed by atoms with Gasteiger partial charge in [0.1, 0.15) is 22.8 Å². The molecule has 10 nitrogen and oxygen atoms in total. The maximum absolute atomic E-state index is 13.4. The Balaban J connectivity index is 1.79. The van der Waals surface area contributed by atoms with E-state index in [1.54, 1.807) is 38.1 Å². The highest BCUT2D eigenvalue weighted by atomic mass is 79.9. The molecule has 0 fully saturated rings. The van der Waals surface area contributed by atoms with E-state index in [1.165, 1.54) is 35.0 Å². The molecule has 0 spiro atoms. The van der Waals surface area contributed by atoms with Gasteiger partial charge in [-0.25, -0.2) is 14.3 Å². The van der Waals surface area contributed by atoms with E-state index in [0.717, 1.165) is 4.47 Å². The molecule has 0 saturated heterocycles. The fourth-order valence-corrected chi connectivity index (χ4v) is 4.86. The van der Waals surface area contributed by atoms with Crippen LogP contribution in [0.5, 0.6) is 11.5 Å². The third kappa shape index (κ3) is 4.34. The maximum Gasteiger partial charge on any atom is 0.357 e. The number of benzene rings is 3. The number of nitrogens with zero attached hydrogens (tertiary/aromatic N) is 2. The Labute approximate surface area is 235 Å². The Morgan fingerprint density at radius 2 is 1.50 bits per heavy atom. The van der Waals surface area contributed by atoms with Crippen molar-refractivity contribution < 1.29 is 38.9 Å². The summed E-state index contributed by atoms with van der Waals surface area (Å²) >= 11 is 3.36. The number of carbonyl (C=O) groups is 4. The molecule has 40 heavy (non-hydrogen) atoms. The van der Waals surface area contributed by atoms with Crippen LogP contribution in [0, 0.1) is 0 Å². The van der Waals surface area contributed by atoms with E-state index < -0.39 is 29.3 Å². The van der Waals surface area contributed by atoms with Crippen molar-refractivity contribution in [2.75, 3.05) is 13.2 Å². The predicted octanol–water partition coefficient (Wildman–Crippen LogP) is 4.84. The van der Waals surface area contributed by atoms with Crippen LogP contribution in [0.3, 0.4) is 0 Å². The zero-order chi connectivity index (χ0) is 28.7. The van der Waals surface area contributed by atoms with Gasteiger partial charge in [0.05, 0.1) is 30.0 Å². The maximum atomic E-state index is 13.4. The van der Waals surface area contributed by atoms with Gasteiger partial charge in [-0.05, 0) is 56.3 Å². The fraction of sp³-hybridized carbons (Fsp3) is 0.138. The first-order valence-corrected chi connectivity index (χ1v) is 13.0. The van der Waals surface area contributed by atoms with Crippen LogP contribution in [-0.4, -0.2) is 56.7 Å². The van der Waals surface area contributed by atoms with Crippen LogP contribution in [0.15, 0.2) is 59.1 Å². The van der Waals surface area contributed by atoms with Gasteiger partial charge in [-0.3, -0.25) is 9.59 Å². The topological polar surface area (TPSA) is 145 Å². The summed E-state index contributed by atoms with van der Waals surface area (Å²) in [5.74, 6) is -4.02. The molecule has 1 aliphatic carbocycles. The van der Waals surface area contributed by atoms with Gasteiger partial charge < -0.3 is 19.7 Å². The monoisotopic (exact) mass is 604 g/mol. The lowest BCUT2D eigenvalue weighted by Crippen LogP contribution is -2.21. The van der Waals surface area contributed by atoms with Crippen molar-refractivity contribution in [1.82, 2.24) is 9.78 Å². The van der Waals surface area contributed by atoms with Crippen LogP contribution >= 0.6 is 15.9 Å². The molecule has 0 radical (unpaired) electrons. The largest absolute Gasteiger partial charge is 0.507 e. The van der Waals surface area contributed by atoms with Crippen LogP contribution in [0.25, 0.3) is 16.9 Å². The Hall–Kier alpha value is -4.77. The van der Waals surface area contributed by atoms with Crippen molar-refractivity contribution >= 4 is 39.4 Å². The van der Waals surface area contributed by atoms with Crippen molar-refractivity contribution in [3.8, 4) is 28.4 Å². The van der Waals surface area contributed by atoms with E-state index in [2.05, 4.69) is 21.0 Å². The Kier molecular flexibility index (Phi) is 6.99. The number of esters is 2. The van der Waals surface area contributed by atoms with Gasteiger partial charge in [-0.1, -0.05) is 28.1 Å². The van der Waals surface area contributed by atoms with Gasteiger partial charge in [0, 0.05) is 21.2 Å². The van der Waals surface area contributed by atoms with E-state index in [4.69, 9.17) is 9.47 Å². The van der Waals surface area contributed by atoms with Gasteiger partial charge in [0.15, 0.2) is 11.5 Å². The SMILES string of the molecule is CCOC(=O)c1c(-c2cc(O)c3c(c2)C(=O)c2cccc(O)c2C3=O)nn(-c2ccc(Br)cc2)c1C(=O)OCC. The number of hydrogen-bond acceptors (Lipinski definition) is 9. The summed E-state index contributed by atoms with van der Waals surface area (Å²) in [6, 6.07) is 13.3. The highest BCUT2D eigenvalue weighted by Gasteiger charge is 2.37. The molecule has 0 atom stereocenters. The number of fused-ring (bicyclic) bond motifs is 2. The van der Waals surface area contributed by atoms with Gasteiger partial charge in [-0.15, -0.1) is 0 Å². The van der Waals surface area contributed by atoms with E-state index in [0.29, 0.717) is 5.69 Å². The lowest BCUT2D eigenvalue weighted by atomic mass is 9.82. The number of ketones is 2. The number of aromatic nitrogens is 2. The molecular formula is C29H21BrN2O8. The van der Waals surface area contributed by atoms with Crippen molar-refractivity contribution in [3.63, 3.8) is 0 Å². The Morgan fingerprint density at radius 1 is 0.850 bits per heavy atom. The predicted molar refractivity (Wildman–Crippen MR) is 145 cm³/mol. The molecule has 0 bridgehead atoms. The van der Waals surface area contributed by atoms with E-state index in [-0.39, 0.29) is 63.7 Å². The number of ether oxygens (including phenoxy) is 2. The molecule has 1 heterocycles. The zero-order valence-electron chi connectivity index (χ0n) is 21.2. The number of phenolic OH excluding ortho intramolecular Hbond substituents is 2.